The first-order valence-electron chi connectivity index (χ1n) is 6.72. The average Bonchev–Trinajstić information content (AvgIpc) is 2.40. The molecule has 1 fully saturated rings. The van der Waals surface area contributed by atoms with Crippen LogP contribution in [0.25, 0.3) is 0 Å². The van der Waals surface area contributed by atoms with Crippen molar-refractivity contribution >= 4 is 0 Å². The second kappa shape index (κ2) is 6.83. The van der Waals surface area contributed by atoms with E-state index in [9.17, 15) is 5.11 Å². The summed E-state index contributed by atoms with van der Waals surface area (Å²) in [4.78, 5) is 8.83. The van der Waals surface area contributed by atoms with Gasteiger partial charge in [0.05, 0.1) is 6.61 Å². The number of hydrogen-bond donors (Lipinski definition) is 1. The summed E-state index contributed by atoms with van der Waals surface area (Å²) in [6, 6.07) is 4.71. The van der Waals surface area contributed by atoms with Crippen molar-refractivity contribution < 1.29 is 5.11 Å². The van der Waals surface area contributed by atoms with Gasteiger partial charge in [-0.1, -0.05) is 0 Å². The molecule has 1 aliphatic rings. The lowest BCUT2D eigenvalue weighted by atomic mass is 10.0. The zero-order valence-corrected chi connectivity index (χ0v) is 11.1. The van der Waals surface area contributed by atoms with E-state index >= 15 is 0 Å². The number of likely N-dealkylation sites (tertiary alicyclic amines) is 1. The Morgan fingerprint density at radius 1 is 1.33 bits per heavy atom. The molecule has 0 aliphatic carbocycles. The Morgan fingerprint density at radius 2 is 2.00 bits per heavy atom. The number of aliphatic hydroxyl groups excluding tert-OH is 1. The standard InChI is InChI=1S/C14H23N3O/c1-16-8-4-14(5-9-16)17(10-11-18)12-13-2-6-15-7-3-13/h2-3,6-7,14,18H,4-5,8-12H2,1H3. The normalized spacial score (nSPS) is 18.4. The monoisotopic (exact) mass is 249 g/mol. The molecule has 1 N–H and O–H groups in total. The van der Waals surface area contributed by atoms with E-state index in [2.05, 4.69) is 34.0 Å². The second-order valence-corrected chi connectivity index (χ2v) is 5.08. The fourth-order valence-corrected chi connectivity index (χ4v) is 2.60. The van der Waals surface area contributed by atoms with Gasteiger partial charge >= 0.3 is 0 Å². The number of rotatable bonds is 5. The molecule has 0 atom stereocenters. The Morgan fingerprint density at radius 3 is 2.61 bits per heavy atom. The summed E-state index contributed by atoms with van der Waals surface area (Å²) in [5.74, 6) is 0. The van der Waals surface area contributed by atoms with Crippen LogP contribution in [0, 0.1) is 0 Å². The van der Waals surface area contributed by atoms with E-state index in [0.29, 0.717) is 6.04 Å². The molecule has 2 rings (SSSR count). The van der Waals surface area contributed by atoms with Crippen LogP contribution in [-0.2, 0) is 6.54 Å². The molecule has 100 valence electrons. The summed E-state index contributed by atoms with van der Waals surface area (Å²) in [7, 11) is 2.18. The minimum Gasteiger partial charge on any atom is -0.395 e. The van der Waals surface area contributed by atoms with Gasteiger partial charge in [-0.2, -0.15) is 0 Å². The number of aromatic nitrogens is 1. The highest BCUT2D eigenvalue weighted by Crippen LogP contribution is 2.17. The van der Waals surface area contributed by atoms with Gasteiger partial charge in [0.15, 0.2) is 0 Å². The lowest BCUT2D eigenvalue weighted by molar-refractivity contribution is 0.0941. The van der Waals surface area contributed by atoms with Crippen LogP contribution in [0.15, 0.2) is 24.5 Å². The van der Waals surface area contributed by atoms with Crippen LogP contribution in [0.5, 0.6) is 0 Å². The van der Waals surface area contributed by atoms with Crippen molar-refractivity contribution in [3.8, 4) is 0 Å². The molecule has 2 heterocycles. The van der Waals surface area contributed by atoms with Gasteiger partial charge in [-0.3, -0.25) is 9.88 Å². The minimum atomic E-state index is 0.234. The molecule has 4 nitrogen and oxygen atoms in total. The zero-order chi connectivity index (χ0) is 12.8. The summed E-state index contributed by atoms with van der Waals surface area (Å²) >= 11 is 0. The van der Waals surface area contributed by atoms with Crippen molar-refractivity contribution in [3.63, 3.8) is 0 Å². The van der Waals surface area contributed by atoms with Gasteiger partial charge in [0.2, 0.25) is 0 Å². The molecule has 1 aromatic rings. The number of hydrogen-bond acceptors (Lipinski definition) is 4. The lowest BCUT2D eigenvalue weighted by Crippen LogP contribution is -2.44. The van der Waals surface area contributed by atoms with Crippen molar-refractivity contribution in [3.05, 3.63) is 30.1 Å². The fraction of sp³-hybridized carbons (Fsp3) is 0.643. The predicted octanol–water partition coefficient (Wildman–Crippen LogP) is 0.970. The van der Waals surface area contributed by atoms with E-state index in [1.807, 2.05) is 12.4 Å². The maximum atomic E-state index is 9.23. The van der Waals surface area contributed by atoms with E-state index in [4.69, 9.17) is 0 Å². The molecule has 18 heavy (non-hydrogen) atoms. The molecule has 4 heteroatoms. The van der Waals surface area contributed by atoms with E-state index in [0.717, 1.165) is 26.2 Å². The van der Waals surface area contributed by atoms with Crippen molar-refractivity contribution in [1.29, 1.82) is 0 Å². The van der Waals surface area contributed by atoms with Crippen molar-refractivity contribution in [2.45, 2.75) is 25.4 Å². The van der Waals surface area contributed by atoms with Gasteiger partial charge in [-0.15, -0.1) is 0 Å². The zero-order valence-electron chi connectivity index (χ0n) is 11.1. The van der Waals surface area contributed by atoms with Gasteiger partial charge < -0.3 is 10.0 Å². The Balaban J connectivity index is 1.95. The van der Waals surface area contributed by atoms with Gasteiger partial charge in [0.25, 0.3) is 0 Å². The summed E-state index contributed by atoms with van der Waals surface area (Å²) in [6.45, 7) is 4.22. The van der Waals surface area contributed by atoms with Crippen LogP contribution in [0.3, 0.4) is 0 Å². The van der Waals surface area contributed by atoms with Crippen molar-refractivity contribution in [2.75, 3.05) is 33.3 Å². The Bertz CT molecular complexity index is 336. The first-order chi connectivity index (χ1) is 8.79. The summed E-state index contributed by atoms with van der Waals surface area (Å²) < 4.78 is 0. The molecule has 1 aliphatic heterocycles. The predicted molar refractivity (Wildman–Crippen MR) is 72.3 cm³/mol. The number of pyridine rings is 1. The van der Waals surface area contributed by atoms with Crippen LogP contribution >= 0.6 is 0 Å². The molecule has 0 bridgehead atoms. The summed E-state index contributed by atoms with van der Waals surface area (Å²) in [5, 5.41) is 9.23. The summed E-state index contributed by atoms with van der Waals surface area (Å²) in [6.07, 6.45) is 6.06. The lowest BCUT2D eigenvalue weighted by Gasteiger charge is -2.37. The molecule has 0 unspecified atom stereocenters. The van der Waals surface area contributed by atoms with Gasteiger partial charge in [-0.25, -0.2) is 0 Å². The van der Waals surface area contributed by atoms with E-state index in [1.165, 1.54) is 18.4 Å². The maximum absolute atomic E-state index is 9.23. The van der Waals surface area contributed by atoms with Gasteiger partial charge in [0.1, 0.15) is 0 Å². The molecular formula is C14H23N3O. The van der Waals surface area contributed by atoms with Gasteiger partial charge in [0, 0.05) is 31.5 Å². The highest BCUT2D eigenvalue weighted by atomic mass is 16.3. The maximum Gasteiger partial charge on any atom is 0.0558 e. The molecular weight excluding hydrogens is 226 g/mol. The molecule has 0 amide bonds. The molecule has 0 radical (unpaired) electrons. The first kappa shape index (κ1) is 13.5. The quantitative estimate of drug-likeness (QED) is 0.844. The molecule has 0 saturated carbocycles. The van der Waals surface area contributed by atoms with Crippen LogP contribution in [-0.4, -0.2) is 59.2 Å². The Kier molecular flexibility index (Phi) is 5.11. The van der Waals surface area contributed by atoms with Crippen LogP contribution < -0.4 is 0 Å². The molecule has 0 aromatic carbocycles. The van der Waals surface area contributed by atoms with E-state index in [1.54, 1.807) is 0 Å². The Hall–Kier alpha value is -0.970. The third-order valence-electron chi connectivity index (χ3n) is 3.73. The smallest absolute Gasteiger partial charge is 0.0558 e. The van der Waals surface area contributed by atoms with Crippen molar-refractivity contribution in [1.82, 2.24) is 14.8 Å². The Labute approximate surface area is 109 Å². The third-order valence-corrected chi connectivity index (χ3v) is 3.73. The third kappa shape index (κ3) is 3.77. The highest BCUT2D eigenvalue weighted by molar-refractivity contribution is 5.09. The SMILES string of the molecule is CN1CCC(N(CCO)Cc2ccncc2)CC1. The first-order valence-corrected chi connectivity index (χ1v) is 6.72. The fourth-order valence-electron chi connectivity index (χ4n) is 2.60. The number of aliphatic hydroxyl groups is 1. The van der Waals surface area contributed by atoms with Crippen LogP contribution in [0.4, 0.5) is 0 Å². The molecule has 1 aromatic heterocycles. The average molecular weight is 249 g/mol. The second-order valence-electron chi connectivity index (χ2n) is 5.08. The number of piperidine rings is 1. The summed E-state index contributed by atoms with van der Waals surface area (Å²) in [5.41, 5.74) is 1.28. The van der Waals surface area contributed by atoms with Crippen LogP contribution in [0.1, 0.15) is 18.4 Å². The highest BCUT2D eigenvalue weighted by Gasteiger charge is 2.22. The molecule has 0 spiro atoms. The van der Waals surface area contributed by atoms with Gasteiger partial charge in [-0.05, 0) is 50.7 Å². The topological polar surface area (TPSA) is 39.6 Å². The minimum absolute atomic E-state index is 0.234. The largest absolute Gasteiger partial charge is 0.395 e. The number of nitrogens with zero attached hydrogens (tertiary/aromatic N) is 3. The molecule has 1 saturated heterocycles. The van der Waals surface area contributed by atoms with Crippen LogP contribution in [0.2, 0.25) is 0 Å². The van der Waals surface area contributed by atoms with E-state index < -0.39 is 0 Å². The van der Waals surface area contributed by atoms with Crippen molar-refractivity contribution in [2.24, 2.45) is 0 Å². The van der Waals surface area contributed by atoms with E-state index in [-0.39, 0.29) is 6.61 Å².